The summed E-state index contributed by atoms with van der Waals surface area (Å²) in [6, 6.07) is 15.4. The van der Waals surface area contributed by atoms with E-state index in [1.54, 1.807) is 7.11 Å². The zero-order valence-corrected chi connectivity index (χ0v) is 11.5. The summed E-state index contributed by atoms with van der Waals surface area (Å²) in [7, 11) is 3.88. The topological polar surface area (TPSA) is 12.5 Å². The third kappa shape index (κ3) is 2.36. The van der Waals surface area contributed by atoms with Gasteiger partial charge in [0.1, 0.15) is 0 Å². The molecule has 2 heteroatoms. The molecule has 0 unspecified atom stereocenters. The SMILES string of the molecule is COCc1ccc(-c2ccc3c(c2)CCN3C)cc1. The predicted octanol–water partition coefficient (Wildman–Crippen LogP) is 3.49. The Kier molecular flexibility index (Phi) is 3.26. The van der Waals surface area contributed by atoms with Crippen molar-refractivity contribution >= 4 is 5.69 Å². The highest BCUT2D eigenvalue weighted by atomic mass is 16.5. The maximum Gasteiger partial charge on any atom is 0.0713 e. The van der Waals surface area contributed by atoms with Crippen molar-refractivity contribution in [3.05, 3.63) is 53.6 Å². The second-order valence-electron chi connectivity index (χ2n) is 5.14. The molecule has 0 aromatic heterocycles. The number of fused-ring (bicyclic) bond motifs is 1. The highest BCUT2D eigenvalue weighted by molar-refractivity contribution is 5.70. The Bertz CT molecular complexity index is 574. The molecule has 0 saturated carbocycles. The minimum Gasteiger partial charge on any atom is -0.380 e. The van der Waals surface area contributed by atoms with E-state index in [0.717, 1.165) is 13.0 Å². The minimum absolute atomic E-state index is 0.676. The quantitative estimate of drug-likeness (QED) is 0.830. The first kappa shape index (κ1) is 12.2. The molecule has 0 N–H and O–H groups in total. The van der Waals surface area contributed by atoms with Crippen molar-refractivity contribution < 1.29 is 4.74 Å². The van der Waals surface area contributed by atoms with Crippen LogP contribution in [0.1, 0.15) is 11.1 Å². The summed E-state index contributed by atoms with van der Waals surface area (Å²) in [6.45, 7) is 1.81. The van der Waals surface area contributed by atoms with Gasteiger partial charge >= 0.3 is 0 Å². The van der Waals surface area contributed by atoms with Crippen LogP contribution in [0.3, 0.4) is 0 Å². The molecule has 0 aliphatic carbocycles. The van der Waals surface area contributed by atoms with Crippen LogP contribution in [0, 0.1) is 0 Å². The van der Waals surface area contributed by atoms with E-state index < -0.39 is 0 Å². The summed E-state index contributed by atoms with van der Waals surface area (Å²) in [5, 5.41) is 0. The van der Waals surface area contributed by atoms with Gasteiger partial charge in [-0.2, -0.15) is 0 Å². The molecule has 0 saturated heterocycles. The highest BCUT2D eigenvalue weighted by Crippen LogP contribution is 2.31. The summed E-state index contributed by atoms with van der Waals surface area (Å²) in [4.78, 5) is 2.32. The molecule has 0 fully saturated rings. The van der Waals surface area contributed by atoms with Gasteiger partial charge in [-0.3, -0.25) is 0 Å². The molecule has 0 atom stereocenters. The molecule has 0 bridgehead atoms. The third-order valence-corrected chi connectivity index (χ3v) is 3.81. The van der Waals surface area contributed by atoms with Gasteiger partial charge < -0.3 is 9.64 Å². The molecule has 19 heavy (non-hydrogen) atoms. The average Bonchev–Trinajstić information content (AvgIpc) is 2.81. The molecule has 2 nitrogen and oxygen atoms in total. The molecular formula is C17H19NO. The molecular weight excluding hydrogens is 234 g/mol. The zero-order chi connectivity index (χ0) is 13.2. The first-order chi connectivity index (χ1) is 9.28. The third-order valence-electron chi connectivity index (χ3n) is 3.81. The average molecular weight is 253 g/mol. The number of hydrogen-bond donors (Lipinski definition) is 0. The van der Waals surface area contributed by atoms with Crippen molar-refractivity contribution in [3.8, 4) is 11.1 Å². The van der Waals surface area contributed by atoms with E-state index in [1.807, 2.05) is 0 Å². The Labute approximate surface area is 114 Å². The lowest BCUT2D eigenvalue weighted by atomic mass is 10.0. The normalized spacial score (nSPS) is 13.7. The Morgan fingerprint density at radius 1 is 1.05 bits per heavy atom. The van der Waals surface area contributed by atoms with Crippen molar-refractivity contribution in [3.63, 3.8) is 0 Å². The maximum atomic E-state index is 5.14. The summed E-state index contributed by atoms with van der Waals surface area (Å²) >= 11 is 0. The van der Waals surface area contributed by atoms with Crippen LogP contribution in [-0.4, -0.2) is 20.7 Å². The van der Waals surface area contributed by atoms with E-state index in [9.17, 15) is 0 Å². The van der Waals surface area contributed by atoms with Crippen LogP contribution in [0.25, 0.3) is 11.1 Å². The van der Waals surface area contributed by atoms with Crippen molar-refractivity contribution in [2.24, 2.45) is 0 Å². The van der Waals surface area contributed by atoms with Gasteiger partial charge in [-0.05, 0) is 40.8 Å². The number of hydrogen-bond acceptors (Lipinski definition) is 2. The second kappa shape index (κ2) is 5.06. The molecule has 2 aromatic carbocycles. The number of benzene rings is 2. The van der Waals surface area contributed by atoms with Crippen LogP contribution in [0.15, 0.2) is 42.5 Å². The van der Waals surface area contributed by atoms with Gasteiger partial charge in [0.2, 0.25) is 0 Å². The maximum absolute atomic E-state index is 5.14. The van der Waals surface area contributed by atoms with Crippen molar-refractivity contribution in [2.45, 2.75) is 13.0 Å². The highest BCUT2D eigenvalue weighted by Gasteiger charge is 2.15. The monoisotopic (exact) mass is 253 g/mol. The van der Waals surface area contributed by atoms with Crippen LogP contribution >= 0.6 is 0 Å². The molecule has 1 heterocycles. The molecule has 1 aliphatic rings. The van der Waals surface area contributed by atoms with E-state index in [0.29, 0.717) is 6.61 Å². The Balaban J connectivity index is 1.90. The van der Waals surface area contributed by atoms with Crippen molar-refractivity contribution in [1.29, 1.82) is 0 Å². The van der Waals surface area contributed by atoms with Gasteiger partial charge in [0.05, 0.1) is 6.61 Å². The fourth-order valence-electron chi connectivity index (χ4n) is 2.71. The van der Waals surface area contributed by atoms with E-state index >= 15 is 0 Å². The molecule has 2 aromatic rings. The Morgan fingerprint density at radius 2 is 1.79 bits per heavy atom. The molecule has 0 radical (unpaired) electrons. The van der Waals surface area contributed by atoms with Crippen LogP contribution in [0.4, 0.5) is 5.69 Å². The lowest BCUT2D eigenvalue weighted by Gasteiger charge is -2.12. The molecule has 1 aliphatic heterocycles. The van der Waals surface area contributed by atoms with Crippen molar-refractivity contribution in [2.75, 3.05) is 25.6 Å². The zero-order valence-electron chi connectivity index (χ0n) is 11.5. The fourth-order valence-corrected chi connectivity index (χ4v) is 2.71. The van der Waals surface area contributed by atoms with Crippen LogP contribution < -0.4 is 4.90 Å². The van der Waals surface area contributed by atoms with Gasteiger partial charge in [0, 0.05) is 26.4 Å². The number of methoxy groups -OCH3 is 1. The van der Waals surface area contributed by atoms with E-state index in [-0.39, 0.29) is 0 Å². The van der Waals surface area contributed by atoms with Gasteiger partial charge in [0.25, 0.3) is 0 Å². The smallest absolute Gasteiger partial charge is 0.0713 e. The van der Waals surface area contributed by atoms with Gasteiger partial charge in [-0.15, -0.1) is 0 Å². The van der Waals surface area contributed by atoms with Crippen LogP contribution in [0.5, 0.6) is 0 Å². The van der Waals surface area contributed by atoms with E-state index in [1.165, 1.54) is 27.9 Å². The number of ether oxygens (including phenoxy) is 1. The molecule has 0 spiro atoms. The molecule has 3 rings (SSSR count). The fraction of sp³-hybridized carbons (Fsp3) is 0.294. The van der Waals surface area contributed by atoms with Crippen LogP contribution in [-0.2, 0) is 17.8 Å². The first-order valence-corrected chi connectivity index (χ1v) is 6.70. The van der Waals surface area contributed by atoms with Gasteiger partial charge in [-0.1, -0.05) is 30.3 Å². The molecule has 98 valence electrons. The lowest BCUT2D eigenvalue weighted by Crippen LogP contribution is -2.12. The summed E-state index contributed by atoms with van der Waals surface area (Å²) in [5.74, 6) is 0. The number of nitrogens with zero attached hydrogens (tertiary/aromatic N) is 1. The minimum atomic E-state index is 0.676. The van der Waals surface area contributed by atoms with Gasteiger partial charge in [0.15, 0.2) is 0 Å². The Morgan fingerprint density at radius 3 is 2.53 bits per heavy atom. The summed E-state index contributed by atoms with van der Waals surface area (Å²) in [5.41, 5.74) is 6.63. The largest absolute Gasteiger partial charge is 0.380 e. The number of rotatable bonds is 3. The lowest BCUT2D eigenvalue weighted by molar-refractivity contribution is 0.185. The summed E-state index contributed by atoms with van der Waals surface area (Å²) < 4.78 is 5.14. The van der Waals surface area contributed by atoms with Gasteiger partial charge in [-0.25, -0.2) is 0 Å². The number of anilines is 1. The second-order valence-corrected chi connectivity index (χ2v) is 5.14. The first-order valence-electron chi connectivity index (χ1n) is 6.70. The molecule has 0 amide bonds. The van der Waals surface area contributed by atoms with E-state index in [2.05, 4.69) is 54.4 Å². The summed E-state index contributed by atoms with van der Waals surface area (Å²) in [6.07, 6.45) is 1.15. The Hall–Kier alpha value is -1.80. The van der Waals surface area contributed by atoms with E-state index in [4.69, 9.17) is 4.74 Å². The predicted molar refractivity (Wildman–Crippen MR) is 79.6 cm³/mol. The van der Waals surface area contributed by atoms with Crippen LogP contribution in [0.2, 0.25) is 0 Å². The van der Waals surface area contributed by atoms with Crippen molar-refractivity contribution in [1.82, 2.24) is 0 Å². The number of likely N-dealkylation sites (N-methyl/N-ethyl adjacent to an activating group) is 1. The standard InChI is InChI=1S/C17H19NO/c1-18-10-9-16-11-15(7-8-17(16)18)14-5-3-13(4-6-14)12-19-2/h3-8,11H,9-10,12H2,1-2H3.